The van der Waals surface area contributed by atoms with Crippen LogP contribution in [0.25, 0.3) is 0 Å². The molecule has 0 aromatic heterocycles. The summed E-state index contributed by atoms with van der Waals surface area (Å²) in [5.41, 5.74) is 2.89. The van der Waals surface area contributed by atoms with E-state index >= 15 is 0 Å². The molecule has 1 aromatic rings. The second-order valence-electron chi connectivity index (χ2n) is 4.71. The molecule has 0 radical (unpaired) electrons. The molecule has 8 heteroatoms. The van der Waals surface area contributed by atoms with Crippen molar-refractivity contribution in [3.05, 3.63) is 39.9 Å². The van der Waals surface area contributed by atoms with Crippen LogP contribution in [0.15, 0.2) is 29.4 Å². The Kier molecular flexibility index (Phi) is 6.85. The minimum Gasteiger partial charge on any atom is -0.465 e. The molecule has 0 aliphatic carbocycles. The predicted molar refractivity (Wildman–Crippen MR) is 84.1 cm³/mol. The van der Waals surface area contributed by atoms with Gasteiger partial charge in [0.25, 0.3) is 11.6 Å². The molecule has 0 heterocycles. The Bertz CT molecular complexity index is 610. The molecule has 0 bridgehead atoms. The number of esters is 1. The molecular weight excluding hydrogens is 302 g/mol. The lowest BCUT2D eigenvalue weighted by atomic mass is 10.0. The third-order valence-corrected chi connectivity index (χ3v) is 3.16. The first-order valence-electron chi connectivity index (χ1n) is 7.16. The van der Waals surface area contributed by atoms with E-state index in [4.69, 9.17) is 4.74 Å². The fourth-order valence-electron chi connectivity index (χ4n) is 1.89. The summed E-state index contributed by atoms with van der Waals surface area (Å²) in [4.78, 5) is 33.7. The Balaban J connectivity index is 2.75. The van der Waals surface area contributed by atoms with Crippen LogP contribution in [0, 0.1) is 16.0 Å². The van der Waals surface area contributed by atoms with E-state index in [0.29, 0.717) is 12.1 Å². The molecule has 124 valence electrons. The van der Waals surface area contributed by atoms with Gasteiger partial charge in [-0.05, 0) is 32.4 Å². The lowest BCUT2D eigenvalue weighted by Crippen LogP contribution is -2.27. The van der Waals surface area contributed by atoms with Gasteiger partial charge in [0.2, 0.25) is 0 Å². The van der Waals surface area contributed by atoms with Crippen LogP contribution in [0.5, 0.6) is 0 Å². The number of benzene rings is 1. The molecule has 0 saturated heterocycles. The molecule has 1 amide bonds. The number of hydrogen-bond acceptors (Lipinski definition) is 6. The molecule has 0 aliphatic heterocycles. The van der Waals surface area contributed by atoms with E-state index in [0.717, 1.165) is 0 Å². The Morgan fingerprint density at radius 2 is 1.91 bits per heavy atom. The third-order valence-electron chi connectivity index (χ3n) is 3.16. The summed E-state index contributed by atoms with van der Waals surface area (Å²) in [6.45, 7) is 5.44. The Labute approximate surface area is 133 Å². The summed E-state index contributed by atoms with van der Waals surface area (Å²) in [7, 11) is 0. The molecule has 0 fully saturated rings. The van der Waals surface area contributed by atoms with Crippen LogP contribution in [0.3, 0.4) is 0 Å². The number of nitrogens with zero attached hydrogens (tertiary/aromatic N) is 2. The predicted octanol–water partition coefficient (Wildman–Crippen LogP) is 2.29. The van der Waals surface area contributed by atoms with E-state index in [2.05, 4.69) is 10.5 Å². The monoisotopic (exact) mass is 321 g/mol. The first-order valence-corrected chi connectivity index (χ1v) is 7.16. The first-order chi connectivity index (χ1) is 10.9. The van der Waals surface area contributed by atoms with Crippen LogP contribution in [0.4, 0.5) is 5.69 Å². The van der Waals surface area contributed by atoms with Crippen molar-refractivity contribution in [2.45, 2.75) is 27.2 Å². The van der Waals surface area contributed by atoms with Gasteiger partial charge in [-0.15, -0.1) is 0 Å². The fraction of sp³-hybridized carbons (Fsp3) is 0.400. The lowest BCUT2D eigenvalue weighted by Gasteiger charge is -2.13. The van der Waals surface area contributed by atoms with Crippen molar-refractivity contribution in [2.24, 2.45) is 11.0 Å². The number of nitro groups is 1. The highest BCUT2D eigenvalue weighted by molar-refractivity contribution is 6.02. The van der Waals surface area contributed by atoms with E-state index in [1.54, 1.807) is 13.8 Å². The zero-order valence-corrected chi connectivity index (χ0v) is 13.2. The smallest absolute Gasteiger partial charge is 0.314 e. The minimum absolute atomic E-state index is 0.102. The molecule has 1 aromatic carbocycles. The standard InChI is InChI=1S/C15H19N3O5/c1-4-13(15(20)23-5-2)10(3)16-17-14(19)11-6-8-12(9-7-11)18(21)22/h6-9,13H,4-5H2,1-3H3,(H,17,19)/b16-10+/t13-/m1/s1. The summed E-state index contributed by atoms with van der Waals surface area (Å²) >= 11 is 0. The van der Waals surface area contributed by atoms with E-state index < -0.39 is 16.7 Å². The Hall–Kier alpha value is -2.77. The topological polar surface area (TPSA) is 111 Å². The van der Waals surface area contributed by atoms with Gasteiger partial charge in [-0.3, -0.25) is 19.7 Å². The number of carbonyl (C=O) groups is 2. The Morgan fingerprint density at radius 3 is 2.39 bits per heavy atom. The summed E-state index contributed by atoms with van der Waals surface area (Å²) < 4.78 is 4.95. The second kappa shape index (κ2) is 8.62. The van der Waals surface area contributed by atoms with Crippen LogP contribution in [0.1, 0.15) is 37.6 Å². The van der Waals surface area contributed by atoms with Crippen LogP contribution in [0.2, 0.25) is 0 Å². The molecule has 23 heavy (non-hydrogen) atoms. The van der Waals surface area contributed by atoms with Crippen molar-refractivity contribution in [3.8, 4) is 0 Å². The molecular formula is C15H19N3O5. The summed E-state index contributed by atoms with van der Waals surface area (Å²) in [5, 5.41) is 14.5. The number of hydrogen-bond donors (Lipinski definition) is 1. The van der Waals surface area contributed by atoms with Crippen molar-refractivity contribution in [3.63, 3.8) is 0 Å². The lowest BCUT2D eigenvalue weighted by molar-refractivity contribution is -0.384. The maximum atomic E-state index is 11.9. The SMILES string of the molecule is CCOC(=O)[C@H](CC)/C(C)=N/NC(=O)c1ccc([N+](=O)[O-])cc1. The van der Waals surface area contributed by atoms with E-state index in [1.165, 1.54) is 24.3 Å². The van der Waals surface area contributed by atoms with Crippen LogP contribution in [-0.4, -0.2) is 29.1 Å². The molecule has 0 aliphatic rings. The zero-order valence-electron chi connectivity index (χ0n) is 13.2. The fourth-order valence-corrected chi connectivity index (χ4v) is 1.89. The van der Waals surface area contributed by atoms with Gasteiger partial charge in [-0.2, -0.15) is 5.10 Å². The van der Waals surface area contributed by atoms with Crippen molar-refractivity contribution in [2.75, 3.05) is 6.61 Å². The van der Waals surface area contributed by atoms with Gasteiger partial charge < -0.3 is 4.74 Å². The number of hydrazone groups is 1. The number of ether oxygens (including phenoxy) is 1. The molecule has 1 N–H and O–H groups in total. The van der Waals surface area contributed by atoms with E-state index in [-0.39, 0.29) is 23.8 Å². The maximum Gasteiger partial charge on any atom is 0.314 e. The van der Waals surface area contributed by atoms with Crippen molar-refractivity contribution < 1.29 is 19.2 Å². The highest BCUT2D eigenvalue weighted by Gasteiger charge is 2.21. The molecule has 1 atom stereocenters. The van der Waals surface area contributed by atoms with Crippen LogP contribution >= 0.6 is 0 Å². The molecule has 0 spiro atoms. The van der Waals surface area contributed by atoms with Gasteiger partial charge in [-0.25, -0.2) is 5.43 Å². The largest absolute Gasteiger partial charge is 0.465 e. The number of amides is 1. The molecule has 0 unspecified atom stereocenters. The van der Waals surface area contributed by atoms with Gasteiger partial charge in [-0.1, -0.05) is 6.92 Å². The molecule has 1 rings (SSSR count). The number of nitro benzene ring substituents is 1. The highest BCUT2D eigenvalue weighted by Crippen LogP contribution is 2.12. The van der Waals surface area contributed by atoms with Crippen molar-refractivity contribution in [1.82, 2.24) is 5.43 Å². The van der Waals surface area contributed by atoms with E-state index in [9.17, 15) is 19.7 Å². The normalized spacial score (nSPS) is 12.4. The van der Waals surface area contributed by atoms with Crippen molar-refractivity contribution in [1.29, 1.82) is 0 Å². The maximum absolute atomic E-state index is 11.9. The van der Waals surface area contributed by atoms with Gasteiger partial charge >= 0.3 is 5.97 Å². The molecule has 8 nitrogen and oxygen atoms in total. The summed E-state index contributed by atoms with van der Waals surface area (Å²) in [5.74, 6) is -1.43. The van der Waals surface area contributed by atoms with E-state index in [1.807, 2.05) is 6.92 Å². The minimum atomic E-state index is -0.546. The van der Waals surface area contributed by atoms with Crippen LogP contribution in [-0.2, 0) is 9.53 Å². The first kappa shape index (κ1) is 18.3. The van der Waals surface area contributed by atoms with Gasteiger partial charge in [0.15, 0.2) is 0 Å². The van der Waals surface area contributed by atoms with Gasteiger partial charge in [0.05, 0.1) is 17.4 Å². The number of rotatable bonds is 7. The second-order valence-corrected chi connectivity index (χ2v) is 4.71. The molecule has 0 saturated carbocycles. The summed E-state index contributed by atoms with van der Waals surface area (Å²) in [6, 6.07) is 5.14. The number of nitrogens with one attached hydrogen (secondary N) is 1. The zero-order chi connectivity index (χ0) is 17.4. The van der Waals surface area contributed by atoms with Gasteiger partial charge in [0.1, 0.15) is 0 Å². The van der Waals surface area contributed by atoms with Crippen LogP contribution < -0.4 is 5.43 Å². The van der Waals surface area contributed by atoms with Crippen molar-refractivity contribution >= 4 is 23.3 Å². The third kappa shape index (κ3) is 5.17. The number of carbonyl (C=O) groups excluding carboxylic acids is 2. The quantitative estimate of drug-likeness (QED) is 0.358. The average Bonchev–Trinajstić information content (AvgIpc) is 2.53. The highest BCUT2D eigenvalue weighted by atomic mass is 16.6. The Morgan fingerprint density at radius 1 is 1.30 bits per heavy atom. The summed E-state index contributed by atoms with van der Waals surface area (Å²) in [6.07, 6.45) is 0.502. The van der Waals surface area contributed by atoms with Gasteiger partial charge in [0, 0.05) is 23.4 Å². The average molecular weight is 321 g/mol. The number of non-ortho nitro benzene ring substituents is 1.